The zero-order chi connectivity index (χ0) is 26.4. The zero-order valence-corrected chi connectivity index (χ0v) is 21.0. The molecule has 1 unspecified atom stereocenters. The molecule has 3 aromatic carbocycles. The number of hydrogen-bond donors (Lipinski definition) is 2. The van der Waals surface area contributed by atoms with E-state index in [1.165, 1.54) is 43.4 Å². The van der Waals surface area contributed by atoms with Crippen molar-refractivity contribution in [3.05, 3.63) is 93.4 Å². The van der Waals surface area contributed by atoms with Gasteiger partial charge in [-0.3, -0.25) is 14.5 Å². The van der Waals surface area contributed by atoms with Gasteiger partial charge in [-0.2, -0.15) is 0 Å². The van der Waals surface area contributed by atoms with Crippen molar-refractivity contribution in [2.75, 3.05) is 19.1 Å². The SMILES string of the molecule is COc1ccc(N2C(=O)C(O)=C(C(=O)c3cc4cc(Cl)cc(OC)c4o3)C2c2ccc(O)cc2)cc1Cl. The number of carbonyl (C=O) groups is 2. The molecule has 188 valence electrons. The molecule has 0 saturated carbocycles. The predicted molar refractivity (Wildman–Crippen MR) is 138 cm³/mol. The van der Waals surface area contributed by atoms with Gasteiger partial charge >= 0.3 is 0 Å². The fourth-order valence-electron chi connectivity index (χ4n) is 4.36. The smallest absolute Gasteiger partial charge is 0.294 e. The number of aliphatic hydroxyl groups excluding tert-OH is 1. The van der Waals surface area contributed by atoms with Crippen LogP contribution in [0.4, 0.5) is 5.69 Å². The predicted octanol–water partition coefficient (Wildman–Crippen LogP) is 6.25. The van der Waals surface area contributed by atoms with Crippen LogP contribution in [0, 0.1) is 0 Å². The number of nitrogens with zero attached hydrogens (tertiary/aromatic N) is 1. The monoisotopic (exact) mass is 539 g/mol. The van der Waals surface area contributed by atoms with Gasteiger partial charge in [0.2, 0.25) is 5.78 Å². The van der Waals surface area contributed by atoms with Crippen LogP contribution >= 0.6 is 23.2 Å². The van der Waals surface area contributed by atoms with Crippen molar-refractivity contribution < 1.29 is 33.7 Å². The van der Waals surface area contributed by atoms with Gasteiger partial charge < -0.3 is 24.1 Å². The van der Waals surface area contributed by atoms with E-state index in [-0.39, 0.29) is 22.1 Å². The number of Topliss-reactive ketones (excluding diaryl/α,β-unsaturated/α-hetero) is 1. The first kappa shape index (κ1) is 24.5. The minimum atomic E-state index is -1.05. The molecule has 1 aliphatic heterocycles. The van der Waals surface area contributed by atoms with E-state index in [1.54, 1.807) is 36.4 Å². The molecule has 0 aliphatic carbocycles. The highest BCUT2D eigenvalue weighted by atomic mass is 35.5. The van der Waals surface area contributed by atoms with Crippen molar-refractivity contribution in [3.8, 4) is 17.2 Å². The summed E-state index contributed by atoms with van der Waals surface area (Å²) in [6.07, 6.45) is 0. The second-order valence-corrected chi connectivity index (χ2v) is 9.06. The number of carbonyl (C=O) groups excluding carboxylic acids is 2. The molecule has 37 heavy (non-hydrogen) atoms. The van der Waals surface area contributed by atoms with Crippen LogP contribution < -0.4 is 14.4 Å². The van der Waals surface area contributed by atoms with Gasteiger partial charge in [0.15, 0.2) is 22.9 Å². The Labute approximate surface area is 220 Å². The number of ether oxygens (including phenoxy) is 2. The number of aromatic hydroxyl groups is 1. The van der Waals surface area contributed by atoms with Gasteiger partial charge in [0.1, 0.15) is 11.5 Å². The first-order valence-electron chi connectivity index (χ1n) is 10.9. The highest BCUT2D eigenvalue weighted by Crippen LogP contribution is 2.44. The third-order valence-corrected chi connectivity index (χ3v) is 6.58. The van der Waals surface area contributed by atoms with Crippen molar-refractivity contribution in [1.29, 1.82) is 0 Å². The lowest BCUT2D eigenvalue weighted by atomic mass is 9.94. The summed E-state index contributed by atoms with van der Waals surface area (Å²) in [6.45, 7) is 0. The van der Waals surface area contributed by atoms with E-state index in [2.05, 4.69) is 0 Å². The molecule has 10 heteroatoms. The molecule has 0 radical (unpaired) electrons. The zero-order valence-electron chi connectivity index (χ0n) is 19.5. The molecule has 0 fully saturated rings. The summed E-state index contributed by atoms with van der Waals surface area (Å²) in [5.74, 6) is -1.66. The second kappa shape index (κ2) is 9.38. The van der Waals surface area contributed by atoms with Crippen LogP contribution in [0.15, 0.2) is 76.4 Å². The van der Waals surface area contributed by atoms with Gasteiger partial charge in [-0.1, -0.05) is 35.3 Å². The normalized spacial score (nSPS) is 15.5. The van der Waals surface area contributed by atoms with E-state index in [1.807, 2.05) is 0 Å². The van der Waals surface area contributed by atoms with E-state index in [0.717, 1.165) is 0 Å². The van der Waals surface area contributed by atoms with Gasteiger partial charge in [-0.15, -0.1) is 0 Å². The number of methoxy groups -OCH3 is 2. The maximum absolute atomic E-state index is 13.8. The minimum Gasteiger partial charge on any atom is -0.508 e. The number of amides is 1. The van der Waals surface area contributed by atoms with Crippen LogP contribution in [-0.4, -0.2) is 36.1 Å². The van der Waals surface area contributed by atoms with E-state index in [9.17, 15) is 19.8 Å². The number of anilines is 1. The van der Waals surface area contributed by atoms with Crippen molar-refractivity contribution in [2.24, 2.45) is 0 Å². The van der Waals surface area contributed by atoms with Crippen LogP contribution in [-0.2, 0) is 4.79 Å². The maximum atomic E-state index is 13.8. The Bertz CT molecular complexity index is 1590. The highest BCUT2D eigenvalue weighted by molar-refractivity contribution is 6.32. The number of benzene rings is 3. The first-order chi connectivity index (χ1) is 17.7. The molecule has 1 amide bonds. The summed E-state index contributed by atoms with van der Waals surface area (Å²) in [7, 11) is 2.90. The fraction of sp³-hybridized carbons (Fsp3) is 0.111. The highest BCUT2D eigenvalue weighted by Gasteiger charge is 2.45. The summed E-state index contributed by atoms with van der Waals surface area (Å²) in [6, 6.07) is 14.2. The Morgan fingerprint density at radius 3 is 2.30 bits per heavy atom. The van der Waals surface area contributed by atoms with Crippen LogP contribution in [0.5, 0.6) is 17.2 Å². The molecule has 0 saturated heterocycles. The van der Waals surface area contributed by atoms with Crippen LogP contribution in [0.25, 0.3) is 11.0 Å². The number of ketones is 1. The average Bonchev–Trinajstić information content (AvgIpc) is 3.42. The number of hydrogen-bond acceptors (Lipinski definition) is 7. The lowest BCUT2D eigenvalue weighted by molar-refractivity contribution is -0.117. The lowest BCUT2D eigenvalue weighted by Gasteiger charge is -2.27. The number of aliphatic hydroxyl groups is 1. The molecular formula is C27H19Cl2NO7. The standard InChI is InChI=1S/C27H19Cl2NO7/c1-35-19-8-5-16(12-18(19)29)30-23(13-3-6-17(31)7-4-13)22(25(33)27(30)34)24(32)20-10-14-9-15(28)11-21(36-2)26(14)37-20/h3-12,23,31,33H,1-2H3. The topological polar surface area (TPSA) is 109 Å². The Balaban J connectivity index is 1.66. The number of furan rings is 1. The Kier molecular flexibility index (Phi) is 6.23. The molecule has 8 nitrogen and oxygen atoms in total. The number of fused-ring (bicyclic) bond motifs is 1. The van der Waals surface area contributed by atoms with Gasteiger partial charge in [-0.05, 0) is 48.0 Å². The summed E-state index contributed by atoms with van der Waals surface area (Å²) in [5, 5.41) is 21.9. The Morgan fingerprint density at radius 2 is 1.65 bits per heavy atom. The van der Waals surface area contributed by atoms with Crippen molar-refractivity contribution in [3.63, 3.8) is 0 Å². The molecule has 5 rings (SSSR count). The van der Waals surface area contributed by atoms with E-state index in [4.69, 9.17) is 37.1 Å². The van der Waals surface area contributed by atoms with Gasteiger partial charge in [-0.25, -0.2) is 0 Å². The summed E-state index contributed by atoms with van der Waals surface area (Å²) < 4.78 is 16.3. The summed E-state index contributed by atoms with van der Waals surface area (Å²) >= 11 is 12.5. The molecular weight excluding hydrogens is 521 g/mol. The second-order valence-electron chi connectivity index (χ2n) is 8.22. The largest absolute Gasteiger partial charge is 0.508 e. The number of halogens is 2. The quantitative estimate of drug-likeness (QED) is 0.279. The van der Waals surface area contributed by atoms with Crippen LogP contribution in [0.2, 0.25) is 10.0 Å². The molecule has 4 aromatic rings. The van der Waals surface area contributed by atoms with Crippen molar-refractivity contribution in [2.45, 2.75) is 6.04 Å². The molecule has 1 atom stereocenters. The lowest BCUT2D eigenvalue weighted by Crippen LogP contribution is -2.31. The Hall–Kier alpha value is -4.14. The van der Waals surface area contributed by atoms with Crippen LogP contribution in [0.3, 0.4) is 0 Å². The molecule has 0 spiro atoms. The first-order valence-corrected chi connectivity index (χ1v) is 11.7. The minimum absolute atomic E-state index is 0.00514. The van der Waals surface area contributed by atoms with Crippen LogP contribution in [0.1, 0.15) is 22.2 Å². The third-order valence-electron chi connectivity index (χ3n) is 6.07. The average molecular weight is 540 g/mol. The van der Waals surface area contributed by atoms with Gasteiger partial charge in [0.05, 0.1) is 30.9 Å². The molecule has 0 bridgehead atoms. The maximum Gasteiger partial charge on any atom is 0.294 e. The van der Waals surface area contributed by atoms with Gasteiger partial charge in [0.25, 0.3) is 5.91 Å². The van der Waals surface area contributed by atoms with Crippen molar-refractivity contribution in [1.82, 2.24) is 0 Å². The third kappa shape index (κ3) is 4.14. The number of rotatable bonds is 6. The van der Waals surface area contributed by atoms with E-state index in [0.29, 0.717) is 38.7 Å². The fourth-order valence-corrected chi connectivity index (χ4v) is 4.83. The van der Waals surface area contributed by atoms with E-state index >= 15 is 0 Å². The van der Waals surface area contributed by atoms with Gasteiger partial charge in [0, 0.05) is 22.2 Å². The number of phenols is 1. The molecule has 2 N–H and O–H groups in total. The molecule has 2 heterocycles. The summed E-state index contributed by atoms with van der Waals surface area (Å²) in [4.78, 5) is 28.4. The molecule has 1 aliphatic rings. The van der Waals surface area contributed by atoms with E-state index < -0.39 is 23.5 Å². The Morgan fingerprint density at radius 1 is 0.946 bits per heavy atom. The molecule has 1 aromatic heterocycles. The summed E-state index contributed by atoms with van der Waals surface area (Å²) in [5.41, 5.74) is 0.870. The number of phenolic OH excluding ortho intramolecular Hbond substituents is 1. The van der Waals surface area contributed by atoms with Crippen molar-refractivity contribution >= 4 is 51.5 Å².